The first-order valence-corrected chi connectivity index (χ1v) is 10.4. The van der Waals surface area contributed by atoms with Crippen molar-refractivity contribution in [2.45, 2.75) is 36.1 Å². The SMILES string of the molecule is N#Cc1ccc2cc(Cc3cc([C@]45OC[C@](CO)(O4)[C@@H](O)[C@H](O)[C@H]5O)ccc3Cl)oc2c1. The highest BCUT2D eigenvalue weighted by atomic mass is 35.5. The molecule has 0 saturated carbocycles. The van der Waals surface area contributed by atoms with E-state index in [0.717, 1.165) is 5.39 Å². The Morgan fingerprint density at radius 2 is 1.91 bits per heavy atom. The minimum atomic E-state index is -1.77. The molecular formula is C23H20ClNO7. The van der Waals surface area contributed by atoms with Crippen LogP contribution in [0.25, 0.3) is 11.0 Å². The maximum absolute atomic E-state index is 10.7. The Balaban J connectivity index is 1.51. The van der Waals surface area contributed by atoms with Crippen LogP contribution in [0.3, 0.4) is 0 Å². The van der Waals surface area contributed by atoms with Gasteiger partial charge in [0.2, 0.25) is 5.79 Å². The number of benzene rings is 2. The Labute approximate surface area is 187 Å². The summed E-state index contributed by atoms with van der Waals surface area (Å²) < 4.78 is 17.5. The van der Waals surface area contributed by atoms with E-state index in [-0.39, 0.29) is 6.61 Å². The molecule has 9 heteroatoms. The van der Waals surface area contributed by atoms with Crippen molar-refractivity contribution in [1.29, 1.82) is 5.26 Å². The molecule has 0 amide bonds. The van der Waals surface area contributed by atoms with Gasteiger partial charge in [-0.25, -0.2) is 0 Å². The van der Waals surface area contributed by atoms with E-state index >= 15 is 0 Å². The molecule has 166 valence electrons. The second-order valence-corrected chi connectivity index (χ2v) is 8.63. The zero-order valence-electron chi connectivity index (χ0n) is 16.7. The first kappa shape index (κ1) is 21.4. The van der Waals surface area contributed by atoms with E-state index in [1.54, 1.807) is 36.4 Å². The number of nitrogens with zero attached hydrogens (tertiary/aromatic N) is 1. The number of fused-ring (bicyclic) bond motifs is 3. The Hall–Kier alpha value is -2.48. The average Bonchev–Trinajstić information content (AvgIpc) is 3.39. The van der Waals surface area contributed by atoms with Crippen molar-refractivity contribution < 1.29 is 34.3 Å². The van der Waals surface area contributed by atoms with E-state index in [9.17, 15) is 20.4 Å². The fourth-order valence-corrected chi connectivity index (χ4v) is 4.62. The Morgan fingerprint density at radius 3 is 2.66 bits per heavy atom. The lowest BCUT2D eigenvalue weighted by Gasteiger charge is -2.46. The molecule has 0 aliphatic carbocycles. The van der Waals surface area contributed by atoms with Gasteiger partial charge >= 0.3 is 0 Å². The second kappa shape index (κ2) is 7.54. The summed E-state index contributed by atoms with van der Waals surface area (Å²) >= 11 is 6.42. The molecule has 32 heavy (non-hydrogen) atoms. The lowest BCUT2D eigenvalue weighted by Crippen LogP contribution is -2.65. The quantitative estimate of drug-likeness (QED) is 0.463. The monoisotopic (exact) mass is 457 g/mol. The summed E-state index contributed by atoms with van der Waals surface area (Å²) in [5.41, 5.74) is 0.566. The third-order valence-corrected chi connectivity index (χ3v) is 6.61. The highest BCUT2D eigenvalue weighted by molar-refractivity contribution is 6.31. The number of rotatable bonds is 4. The number of aliphatic hydroxyl groups excluding tert-OH is 4. The molecule has 5 atom stereocenters. The lowest BCUT2D eigenvalue weighted by atomic mass is 9.83. The second-order valence-electron chi connectivity index (χ2n) is 8.22. The summed E-state index contributed by atoms with van der Waals surface area (Å²) in [7, 11) is 0. The predicted octanol–water partition coefficient (Wildman–Crippen LogP) is 1.58. The molecular weight excluding hydrogens is 438 g/mol. The van der Waals surface area contributed by atoms with Crippen molar-refractivity contribution in [3.05, 3.63) is 69.9 Å². The molecule has 3 heterocycles. The lowest BCUT2D eigenvalue weighted by molar-refractivity contribution is -0.329. The largest absolute Gasteiger partial charge is 0.461 e. The van der Waals surface area contributed by atoms with Crippen molar-refractivity contribution in [3.8, 4) is 6.07 Å². The van der Waals surface area contributed by atoms with Gasteiger partial charge in [-0.2, -0.15) is 5.26 Å². The van der Waals surface area contributed by atoms with Crippen molar-refractivity contribution in [2.75, 3.05) is 13.2 Å². The molecule has 3 aromatic rings. The van der Waals surface area contributed by atoms with Crippen LogP contribution in [0.4, 0.5) is 0 Å². The molecule has 0 unspecified atom stereocenters. The third kappa shape index (κ3) is 3.06. The minimum absolute atomic E-state index is 0.207. The highest BCUT2D eigenvalue weighted by Crippen LogP contribution is 2.49. The molecule has 2 saturated heterocycles. The van der Waals surface area contributed by atoms with E-state index in [1.165, 1.54) is 0 Å². The highest BCUT2D eigenvalue weighted by Gasteiger charge is 2.67. The third-order valence-electron chi connectivity index (χ3n) is 6.24. The van der Waals surface area contributed by atoms with Gasteiger partial charge in [-0.3, -0.25) is 0 Å². The van der Waals surface area contributed by atoms with Crippen LogP contribution < -0.4 is 0 Å². The maximum atomic E-state index is 10.7. The Morgan fingerprint density at radius 1 is 1.09 bits per heavy atom. The van der Waals surface area contributed by atoms with Gasteiger partial charge in [0, 0.05) is 22.4 Å². The Kier molecular flexibility index (Phi) is 5.04. The number of halogens is 1. The van der Waals surface area contributed by atoms with E-state index in [4.69, 9.17) is 30.8 Å². The summed E-state index contributed by atoms with van der Waals surface area (Å²) in [5.74, 6) is -1.15. The smallest absolute Gasteiger partial charge is 0.225 e. The van der Waals surface area contributed by atoms with Gasteiger partial charge in [-0.1, -0.05) is 17.7 Å². The van der Waals surface area contributed by atoms with Crippen molar-refractivity contribution in [2.24, 2.45) is 0 Å². The zero-order chi connectivity index (χ0) is 22.7. The van der Waals surface area contributed by atoms with Crippen molar-refractivity contribution >= 4 is 22.6 Å². The zero-order valence-corrected chi connectivity index (χ0v) is 17.5. The van der Waals surface area contributed by atoms with Crippen LogP contribution in [0, 0.1) is 11.3 Å². The van der Waals surface area contributed by atoms with E-state index in [0.29, 0.717) is 39.5 Å². The molecule has 2 aromatic carbocycles. The van der Waals surface area contributed by atoms with Crippen LogP contribution in [0.15, 0.2) is 46.9 Å². The molecule has 2 fully saturated rings. The summed E-state index contributed by atoms with van der Waals surface area (Å²) in [6.07, 6.45) is -4.38. The first-order chi connectivity index (χ1) is 15.3. The van der Waals surface area contributed by atoms with Crippen LogP contribution in [0.1, 0.15) is 22.5 Å². The number of furan rings is 1. The number of ether oxygens (including phenoxy) is 2. The molecule has 2 bridgehead atoms. The molecule has 1 aromatic heterocycles. The van der Waals surface area contributed by atoms with Gasteiger partial charge in [0.1, 0.15) is 35.3 Å². The van der Waals surface area contributed by atoms with Crippen LogP contribution in [-0.4, -0.2) is 57.6 Å². The molecule has 4 N–H and O–H groups in total. The fraction of sp³-hybridized carbons (Fsp3) is 0.348. The molecule has 8 nitrogen and oxygen atoms in total. The predicted molar refractivity (Wildman–Crippen MR) is 112 cm³/mol. The van der Waals surface area contributed by atoms with Crippen LogP contribution >= 0.6 is 11.6 Å². The van der Waals surface area contributed by atoms with Gasteiger partial charge in [0.15, 0.2) is 0 Å². The normalized spacial score (nSPS) is 31.7. The van der Waals surface area contributed by atoms with Crippen LogP contribution in [-0.2, 0) is 21.7 Å². The molecule has 2 aliphatic heterocycles. The summed E-state index contributed by atoms with van der Waals surface area (Å²) in [5, 5.41) is 51.6. The molecule has 0 spiro atoms. The van der Waals surface area contributed by atoms with Crippen molar-refractivity contribution in [1.82, 2.24) is 0 Å². The van der Waals surface area contributed by atoms with Crippen molar-refractivity contribution in [3.63, 3.8) is 0 Å². The summed E-state index contributed by atoms with van der Waals surface area (Å²) in [4.78, 5) is 0. The van der Waals surface area contributed by atoms with E-state index in [2.05, 4.69) is 6.07 Å². The maximum Gasteiger partial charge on any atom is 0.225 e. The number of hydrogen-bond donors (Lipinski definition) is 4. The number of hydrogen-bond acceptors (Lipinski definition) is 8. The van der Waals surface area contributed by atoms with Crippen LogP contribution in [0.2, 0.25) is 5.02 Å². The molecule has 0 radical (unpaired) electrons. The van der Waals surface area contributed by atoms with Gasteiger partial charge in [0.25, 0.3) is 0 Å². The minimum Gasteiger partial charge on any atom is -0.461 e. The first-order valence-electron chi connectivity index (χ1n) is 10.0. The molecule has 5 rings (SSSR count). The standard InChI is InChI=1S/C23H20ClNO7/c24-17-4-3-15(23-21(29)19(27)20(28)22(10-26,32-23)11-30-23)6-14(17)8-16-7-13-2-1-12(9-25)5-18(13)31-16/h1-7,19-21,26-29H,8,10-11H2/t19-,20-,21+,22-,23-/m0/s1. The van der Waals surface area contributed by atoms with E-state index in [1.807, 2.05) is 6.07 Å². The number of nitriles is 1. The fourth-order valence-electron chi connectivity index (χ4n) is 4.43. The van der Waals surface area contributed by atoms with Gasteiger partial charge in [-0.15, -0.1) is 0 Å². The van der Waals surface area contributed by atoms with Gasteiger partial charge in [-0.05, 0) is 42.0 Å². The Bertz CT molecular complexity index is 1240. The van der Waals surface area contributed by atoms with E-state index < -0.39 is 36.3 Å². The van der Waals surface area contributed by atoms with Gasteiger partial charge in [0.05, 0.1) is 24.8 Å². The topological polar surface area (TPSA) is 136 Å². The summed E-state index contributed by atoms with van der Waals surface area (Å²) in [6.45, 7) is -0.800. The van der Waals surface area contributed by atoms with Gasteiger partial charge < -0.3 is 34.3 Å². The molecule has 2 aliphatic rings. The summed E-state index contributed by atoms with van der Waals surface area (Å²) in [6, 6.07) is 14.0. The average molecular weight is 458 g/mol. The number of aliphatic hydroxyl groups is 4. The van der Waals surface area contributed by atoms with Crippen LogP contribution in [0.5, 0.6) is 0 Å².